The van der Waals surface area contributed by atoms with Crippen molar-refractivity contribution in [1.29, 1.82) is 0 Å². The average molecular weight is 608 g/mol. The molecule has 0 saturated heterocycles. The first-order valence-corrected chi connectivity index (χ1v) is 13.6. The third-order valence-corrected chi connectivity index (χ3v) is 8.20. The number of benzene rings is 3. The van der Waals surface area contributed by atoms with E-state index in [1.165, 1.54) is 4.52 Å². The number of nitrogens with zero attached hydrogens (tertiary/aromatic N) is 4. The van der Waals surface area contributed by atoms with Crippen LogP contribution in [0, 0.1) is 0 Å². The number of amides is 1. The minimum Gasteiger partial charge on any atom is -0.485 e. The molecule has 188 valence electrons. The number of para-hydroxylation sites is 2. The number of hydrogen-bond donors (Lipinski definition) is 0. The Morgan fingerprint density at radius 1 is 1.05 bits per heavy atom. The van der Waals surface area contributed by atoms with Gasteiger partial charge in [0.2, 0.25) is 4.96 Å². The summed E-state index contributed by atoms with van der Waals surface area (Å²) in [5.74, 6) is 1.35. The smallest absolute Gasteiger partial charge is 0.291 e. The molecule has 0 aliphatic carbocycles. The Labute approximate surface area is 232 Å². The Bertz CT molecular complexity index is 1870. The summed E-state index contributed by atoms with van der Waals surface area (Å²) in [6.07, 6.45) is -0.549. The molecule has 2 aromatic heterocycles. The van der Waals surface area contributed by atoms with Crippen LogP contribution in [-0.4, -0.2) is 27.1 Å². The van der Waals surface area contributed by atoms with Gasteiger partial charge in [0.15, 0.2) is 23.4 Å². The quantitative estimate of drug-likeness (QED) is 0.299. The second kappa shape index (κ2) is 8.93. The number of fused-ring (bicyclic) bond motifs is 3. The van der Waals surface area contributed by atoms with Crippen molar-refractivity contribution in [2.24, 2.45) is 0 Å². The molecule has 1 atom stereocenters. The van der Waals surface area contributed by atoms with E-state index in [1.54, 1.807) is 17.0 Å². The molecule has 1 amide bonds. The van der Waals surface area contributed by atoms with E-state index >= 15 is 0 Å². The van der Waals surface area contributed by atoms with Crippen LogP contribution in [0.15, 0.2) is 76.0 Å². The number of anilines is 1. The van der Waals surface area contributed by atoms with Gasteiger partial charge in [-0.05, 0) is 48.0 Å². The second-order valence-corrected chi connectivity index (χ2v) is 11.1. The van der Waals surface area contributed by atoms with Crippen LogP contribution in [0.2, 0.25) is 5.02 Å². The summed E-state index contributed by atoms with van der Waals surface area (Å²) in [4.78, 5) is 33.9. The van der Waals surface area contributed by atoms with Gasteiger partial charge in [-0.3, -0.25) is 9.59 Å². The molecule has 2 aliphatic rings. The van der Waals surface area contributed by atoms with Gasteiger partial charge in [-0.2, -0.15) is 9.50 Å². The number of halogens is 2. The average Bonchev–Trinajstić information content (AvgIpc) is 3.55. The molecule has 2 aliphatic heterocycles. The molecule has 11 heteroatoms. The monoisotopic (exact) mass is 606 g/mol. The third kappa shape index (κ3) is 3.79. The van der Waals surface area contributed by atoms with E-state index in [-0.39, 0.29) is 12.5 Å². The summed E-state index contributed by atoms with van der Waals surface area (Å²) in [5.41, 5.74) is 2.27. The van der Waals surface area contributed by atoms with Gasteiger partial charge in [0.05, 0.1) is 17.8 Å². The largest absolute Gasteiger partial charge is 0.485 e. The predicted molar refractivity (Wildman–Crippen MR) is 147 cm³/mol. The standard InChI is InChI=1S/C27H16BrClN4O4S/c28-15-7-10-18-17(11-15)22(25(34)32(18)12-14-5-8-16(29)9-6-14)23-26(35)33-27(38-23)30-24(31-33)21-13-36-19-3-1-2-4-20(19)37-21/h1-11,21H,12-13H2/b23-22-. The SMILES string of the molecule is O=C1/C(=c2\sc3nc(C4COc5ccccc5O4)nn3c2=O)c2cc(Br)ccc2N1Cc1ccc(Cl)cc1. The van der Waals surface area contributed by atoms with E-state index in [2.05, 4.69) is 26.0 Å². The third-order valence-electron chi connectivity index (χ3n) is 6.43. The molecule has 0 fully saturated rings. The fourth-order valence-corrected chi connectivity index (χ4v) is 6.13. The van der Waals surface area contributed by atoms with Crippen LogP contribution in [0.25, 0.3) is 10.5 Å². The highest BCUT2D eigenvalue weighted by Crippen LogP contribution is 2.39. The molecule has 38 heavy (non-hydrogen) atoms. The van der Waals surface area contributed by atoms with Crippen LogP contribution in [0.3, 0.4) is 0 Å². The fraction of sp³-hybridized carbons (Fsp3) is 0.111. The van der Waals surface area contributed by atoms with E-state index in [0.717, 1.165) is 27.1 Å². The van der Waals surface area contributed by atoms with E-state index < -0.39 is 11.7 Å². The van der Waals surface area contributed by atoms with Crippen LogP contribution >= 0.6 is 38.9 Å². The van der Waals surface area contributed by atoms with Gasteiger partial charge in [-0.25, -0.2) is 0 Å². The van der Waals surface area contributed by atoms with E-state index in [0.29, 0.717) is 49.5 Å². The molecule has 1 unspecified atom stereocenters. The highest BCUT2D eigenvalue weighted by molar-refractivity contribution is 9.10. The number of ether oxygens (including phenoxy) is 2. The van der Waals surface area contributed by atoms with Crippen molar-refractivity contribution in [3.05, 3.63) is 108 Å². The maximum Gasteiger partial charge on any atom is 0.291 e. The van der Waals surface area contributed by atoms with E-state index in [4.69, 9.17) is 21.1 Å². The van der Waals surface area contributed by atoms with Crippen LogP contribution in [0.5, 0.6) is 11.5 Å². The van der Waals surface area contributed by atoms with Crippen LogP contribution < -0.4 is 24.5 Å². The molecule has 4 heterocycles. The number of rotatable bonds is 3. The second-order valence-electron chi connectivity index (χ2n) is 8.82. The lowest BCUT2D eigenvalue weighted by Gasteiger charge is -2.24. The van der Waals surface area contributed by atoms with Gasteiger partial charge in [0.1, 0.15) is 11.1 Å². The van der Waals surface area contributed by atoms with Gasteiger partial charge in [0, 0.05) is 15.1 Å². The Hall–Kier alpha value is -3.73. The molecule has 3 aromatic carbocycles. The molecular formula is C27H16BrClN4O4S. The van der Waals surface area contributed by atoms with Gasteiger partial charge in [-0.1, -0.05) is 63.1 Å². The van der Waals surface area contributed by atoms with Crippen LogP contribution in [0.4, 0.5) is 5.69 Å². The Morgan fingerprint density at radius 3 is 2.63 bits per heavy atom. The first-order valence-electron chi connectivity index (χ1n) is 11.6. The Morgan fingerprint density at radius 2 is 1.84 bits per heavy atom. The zero-order chi connectivity index (χ0) is 26.0. The van der Waals surface area contributed by atoms with Crippen molar-refractivity contribution >= 4 is 61.0 Å². The number of thiazole rings is 1. The first-order chi connectivity index (χ1) is 18.5. The highest BCUT2D eigenvalue weighted by Gasteiger charge is 2.35. The molecule has 7 rings (SSSR count). The van der Waals surface area contributed by atoms with Crippen molar-refractivity contribution in [3.63, 3.8) is 0 Å². The lowest BCUT2D eigenvalue weighted by atomic mass is 10.1. The summed E-state index contributed by atoms with van der Waals surface area (Å²) in [6, 6.07) is 20.3. The van der Waals surface area contributed by atoms with Gasteiger partial charge in [0.25, 0.3) is 11.5 Å². The van der Waals surface area contributed by atoms with Crippen molar-refractivity contribution in [1.82, 2.24) is 14.6 Å². The van der Waals surface area contributed by atoms with Crippen molar-refractivity contribution in [2.45, 2.75) is 12.6 Å². The lowest BCUT2D eigenvalue weighted by Crippen LogP contribution is -2.32. The summed E-state index contributed by atoms with van der Waals surface area (Å²) in [6.45, 7) is 0.570. The zero-order valence-corrected chi connectivity index (χ0v) is 22.6. The van der Waals surface area contributed by atoms with Crippen molar-refractivity contribution < 1.29 is 14.3 Å². The summed E-state index contributed by atoms with van der Waals surface area (Å²) >= 11 is 10.7. The minimum absolute atomic E-state index is 0.229. The molecule has 0 saturated carbocycles. The fourth-order valence-electron chi connectivity index (χ4n) is 4.64. The molecule has 0 radical (unpaired) electrons. The number of carbonyl (C=O) groups is 1. The van der Waals surface area contributed by atoms with Crippen molar-refractivity contribution in [3.8, 4) is 11.5 Å². The van der Waals surface area contributed by atoms with Crippen molar-refractivity contribution in [2.75, 3.05) is 11.5 Å². The van der Waals surface area contributed by atoms with Gasteiger partial charge >= 0.3 is 0 Å². The van der Waals surface area contributed by atoms with E-state index in [9.17, 15) is 9.59 Å². The minimum atomic E-state index is -0.549. The number of carbonyl (C=O) groups excluding carboxylic acids is 1. The van der Waals surface area contributed by atoms with Gasteiger partial charge in [-0.15, -0.1) is 5.10 Å². The molecule has 0 N–H and O–H groups in total. The first kappa shape index (κ1) is 23.4. The van der Waals surface area contributed by atoms with E-state index in [1.807, 2.05) is 54.6 Å². The Kier molecular flexibility index (Phi) is 5.50. The maximum absolute atomic E-state index is 13.8. The topological polar surface area (TPSA) is 86.0 Å². The molecule has 5 aromatic rings. The Balaban J connectivity index is 1.30. The molecule has 0 spiro atoms. The summed E-state index contributed by atoms with van der Waals surface area (Å²) in [5, 5.41) is 5.06. The number of hydrogen-bond acceptors (Lipinski definition) is 7. The zero-order valence-electron chi connectivity index (χ0n) is 19.4. The molecular weight excluding hydrogens is 592 g/mol. The van der Waals surface area contributed by atoms with Crippen LogP contribution in [0.1, 0.15) is 23.1 Å². The maximum atomic E-state index is 13.8. The summed E-state index contributed by atoms with van der Waals surface area (Å²) < 4.78 is 14.1. The molecule has 0 bridgehead atoms. The number of aromatic nitrogens is 3. The summed E-state index contributed by atoms with van der Waals surface area (Å²) in [7, 11) is 0. The lowest BCUT2D eigenvalue weighted by molar-refractivity contribution is -0.113. The normalized spacial score (nSPS) is 17.8. The van der Waals surface area contributed by atoms with Crippen LogP contribution in [-0.2, 0) is 11.3 Å². The van der Waals surface area contributed by atoms with Gasteiger partial charge < -0.3 is 14.4 Å². The highest BCUT2D eigenvalue weighted by atomic mass is 79.9. The predicted octanol–water partition coefficient (Wildman–Crippen LogP) is 4.54. The molecule has 8 nitrogen and oxygen atoms in total.